The predicted octanol–water partition coefficient (Wildman–Crippen LogP) is 2.15. The molecule has 0 aromatic heterocycles. The molecule has 4 nitrogen and oxygen atoms in total. The molecule has 112 valence electrons. The first-order valence-corrected chi connectivity index (χ1v) is 9.75. The minimum absolute atomic E-state index is 0.00241. The van der Waals surface area contributed by atoms with Crippen molar-refractivity contribution in [3.8, 4) is 0 Å². The number of piperidine rings is 1. The summed E-state index contributed by atoms with van der Waals surface area (Å²) in [6.07, 6.45) is 2.90. The van der Waals surface area contributed by atoms with Gasteiger partial charge in [0.1, 0.15) is 0 Å². The average molecular weight is 327 g/mol. The summed E-state index contributed by atoms with van der Waals surface area (Å²) in [5, 5.41) is 0. The SMILES string of the molecule is CC1(C)CN(S(=O)(=O)N2CCCCC2CCl)CCS1. The standard InChI is InChI=1S/C12H23ClN2O2S2/c1-12(2)10-14(7-8-18-12)19(16,17)15-6-4-3-5-11(15)9-13/h11H,3-10H2,1-2H3. The van der Waals surface area contributed by atoms with Gasteiger partial charge < -0.3 is 0 Å². The summed E-state index contributed by atoms with van der Waals surface area (Å²) in [6, 6.07) is -0.0295. The number of hydrogen-bond donors (Lipinski definition) is 0. The van der Waals surface area contributed by atoms with Crippen LogP contribution in [0.2, 0.25) is 0 Å². The molecule has 1 unspecified atom stereocenters. The van der Waals surface area contributed by atoms with Crippen LogP contribution in [0.15, 0.2) is 0 Å². The van der Waals surface area contributed by atoms with E-state index in [9.17, 15) is 8.42 Å². The highest BCUT2D eigenvalue weighted by Gasteiger charge is 2.40. The van der Waals surface area contributed by atoms with Gasteiger partial charge in [-0.3, -0.25) is 0 Å². The molecular formula is C12H23ClN2O2S2. The monoisotopic (exact) mass is 326 g/mol. The van der Waals surface area contributed by atoms with Gasteiger partial charge in [-0.15, -0.1) is 11.6 Å². The second-order valence-corrected chi connectivity index (χ2v) is 9.86. The van der Waals surface area contributed by atoms with Gasteiger partial charge in [-0.05, 0) is 26.7 Å². The highest BCUT2D eigenvalue weighted by Crippen LogP contribution is 2.33. The van der Waals surface area contributed by atoms with E-state index in [0.717, 1.165) is 25.0 Å². The van der Waals surface area contributed by atoms with Crippen LogP contribution in [0.3, 0.4) is 0 Å². The van der Waals surface area contributed by atoms with E-state index >= 15 is 0 Å². The van der Waals surface area contributed by atoms with E-state index in [1.165, 1.54) is 0 Å². The molecule has 0 aromatic rings. The van der Waals surface area contributed by atoms with E-state index in [0.29, 0.717) is 25.5 Å². The van der Waals surface area contributed by atoms with Crippen molar-refractivity contribution in [2.45, 2.75) is 43.9 Å². The van der Waals surface area contributed by atoms with Crippen molar-refractivity contribution in [1.82, 2.24) is 8.61 Å². The molecule has 2 fully saturated rings. The van der Waals surface area contributed by atoms with Crippen LogP contribution in [0.25, 0.3) is 0 Å². The van der Waals surface area contributed by atoms with Gasteiger partial charge in [-0.2, -0.15) is 28.8 Å². The number of halogens is 1. The lowest BCUT2D eigenvalue weighted by Gasteiger charge is -2.42. The molecule has 2 rings (SSSR count). The molecule has 0 aromatic carbocycles. The minimum Gasteiger partial charge on any atom is -0.195 e. The fourth-order valence-corrected chi connectivity index (χ4v) is 6.48. The fraction of sp³-hybridized carbons (Fsp3) is 1.00. The molecule has 0 bridgehead atoms. The molecule has 19 heavy (non-hydrogen) atoms. The van der Waals surface area contributed by atoms with Gasteiger partial charge in [-0.1, -0.05) is 6.42 Å². The predicted molar refractivity (Wildman–Crippen MR) is 82.1 cm³/mol. The van der Waals surface area contributed by atoms with Gasteiger partial charge in [0.25, 0.3) is 10.2 Å². The van der Waals surface area contributed by atoms with Crippen molar-refractivity contribution < 1.29 is 8.42 Å². The van der Waals surface area contributed by atoms with Gasteiger partial charge in [0.2, 0.25) is 0 Å². The van der Waals surface area contributed by atoms with Crippen molar-refractivity contribution in [3.05, 3.63) is 0 Å². The van der Waals surface area contributed by atoms with Gasteiger partial charge in [0.15, 0.2) is 0 Å². The number of nitrogens with zero attached hydrogens (tertiary/aromatic N) is 2. The van der Waals surface area contributed by atoms with Gasteiger partial charge in [0.05, 0.1) is 0 Å². The largest absolute Gasteiger partial charge is 0.282 e. The summed E-state index contributed by atoms with van der Waals surface area (Å²) in [7, 11) is -3.35. The molecule has 2 aliphatic heterocycles. The summed E-state index contributed by atoms with van der Waals surface area (Å²) in [6.45, 7) is 6.03. The van der Waals surface area contributed by atoms with Crippen LogP contribution in [-0.4, -0.2) is 59.1 Å². The smallest absolute Gasteiger partial charge is 0.195 e. The van der Waals surface area contributed by atoms with Crippen LogP contribution in [0.4, 0.5) is 0 Å². The zero-order chi connectivity index (χ0) is 14.1. The highest BCUT2D eigenvalue weighted by atomic mass is 35.5. The molecule has 2 heterocycles. The minimum atomic E-state index is -3.35. The normalized spacial score (nSPS) is 30.4. The summed E-state index contributed by atoms with van der Waals surface area (Å²) in [5.74, 6) is 1.26. The molecule has 0 aliphatic carbocycles. The Labute approximate surface area is 126 Å². The molecule has 0 N–H and O–H groups in total. The molecule has 2 aliphatic rings. The second kappa shape index (κ2) is 6.10. The van der Waals surface area contributed by atoms with Gasteiger partial charge >= 0.3 is 0 Å². The molecular weight excluding hydrogens is 304 g/mol. The van der Waals surface area contributed by atoms with E-state index in [2.05, 4.69) is 13.8 Å². The Bertz CT molecular complexity index is 414. The maximum atomic E-state index is 12.8. The number of thioether (sulfide) groups is 1. The van der Waals surface area contributed by atoms with E-state index < -0.39 is 10.2 Å². The third kappa shape index (κ3) is 3.59. The summed E-state index contributed by atoms with van der Waals surface area (Å²) in [4.78, 5) is 0. The first-order valence-electron chi connectivity index (χ1n) is 6.84. The highest BCUT2D eigenvalue weighted by molar-refractivity contribution is 8.00. The first-order chi connectivity index (χ1) is 8.87. The van der Waals surface area contributed by atoms with Crippen molar-refractivity contribution in [3.63, 3.8) is 0 Å². The summed E-state index contributed by atoms with van der Waals surface area (Å²) in [5.41, 5.74) is 0. The van der Waals surface area contributed by atoms with Crippen molar-refractivity contribution >= 4 is 33.6 Å². The Hall–Kier alpha value is 0.510. The maximum absolute atomic E-state index is 12.8. The van der Waals surface area contributed by atoms with Crippen LogP contribution in [-0.2, 0) is 10.2 Å². The third-order valence-corrected chi connectivity index (χ3v) is 7.46. The lowest BCUT2D eigenvalue weighted by Crippen LogP contribution is -2.55. The number of alkyl halides is 1. The van der Waals surface area contributed by atoms with Crippen LogP contribution in [0.1, 0.15) is 33.1 Å². The van der Waals surface area contributed by atoms with E-state index in [-0.39, 0.29) is 10.8 Å². The number of hydrogen-bond acceptors (Lipinski definition) is 3. The van der Waals surface area contributed by atoms with Crippen molar-refractivity contribution in [2.24, 2.45) is 0 Å². The fourth-order valence-electron chi connectivity index (χ4n) is 2.75. The Kier molecular flexibility index (Phi) is 5.10. The summed E-state index contributed by atoms with van der Waals surface area (Å²) >= 11 is 7.79. The molecule has 7 heteroatoms. The van der Waals surface area contributed by atoms with Crippen LogP contribution in [0, 0.1) is 0 Å². The zero-order valence-electron chi connectivity index (χ0n) is 11.6. The van der Waals surface area contributed by atoms with E-state index in [1.807, 2.05) is 11.8 Å². The second-order valence-electron chi connectivity index (χ2n) is 5.86. The lowest BCUT2D eigenvalue weighted by atomic mass is 10.1. The van der Waals surface area contributed by atoms with Crippen LogP contribution < -0.4 is 0 Å². The Morgan fingerprint density at radius 2 is 2.05 bits per heavy atom. The molecule has 2 saturated heterocycles. The summed E-state index contributed by atoms with van der Waals surface area (Å²) < 4.78 is 28.8. The number of rotatable bonds is 3. The Balaban J connectivity index is 2.16. The van der Waals surface area contributed by atoms with E-state index in [1.54, 1.807) is 8.61 Å². The first kappa shape index (κ1) is 15.9. The van der Waals surface area contributed by atoms with Gasteiger partial charge in [0, 0.05) is 42.1 Å². The Morgan fingerprint density at radius 3 is 2.68 bits per heavy atom. The zero-order valence-corrected chi connectivity index (χ0v) is 14.0. The topological polar surface area (TPSA) is 40.6 Å². The van der Waals surface area contributed by atoms with Crippen molar-refractivity contribution in [2.75, 3.05) is 31.3 Å². The maximum Gasteiger partial charge on any atom is 0.282 e. The third-order valence-electron chi connectivity index (χ3n) is 3.76. The average Bonchev–Trinajstić information content (AvgIpc) is 2.37. The van der Waals surface area contributed by atoms with Gasteiger partial charge in [-0.25, -0.2) is 0 Å². The van der Waals surface area contributed by atoms with Crippen molar-refractivity contribution in [1.29, 1.82) is 0 Å². The quantitative estimate of drug-likeness (QED) is 0.746. The van der Waals surface area contributed by atoms with E-state index in [4.69, 9.17) is 11.6 Å². The molecule has 0 saturated carbocycles. The lowest BCUT2D eigenvalue weighted by molar-refractivity contribution is 0.243. The molecule has 0 spiro atoms. The Morgan fingerprint density at radius 1 is 1.32 bits per heavy atom. The molecule has 1 atom stereocenters. The molecule has 0 radical (unpaired) electrons. The molecule has 0 amide bonds. The van der Waals surface area contributed by atoms with Crippen LogP contribution >= 0.6 is 23.4 Å². The van der Waals surface area contributed by atoms with Crippen LogP contribution in [0.5, 0.6) is 0 Å².